The number of guanidine groups is 1. The number of likely N-dealkylation sites (N-methyl/N-ethyl adjacent to an activating group) is 1. The second kappa shape index (κ2) is 8.69. The van der Waals surface area contributed by atoms with Gasteiger partial charge in [-0.15, -0.1) is 0 Å². The van der Waals surface area contributed by atoms with Gasteiger partial charge in [0.1, 0.15) is 18.5 Å². The van der Waals surface area contributed by atoms with E-state index in [-0.39, 0.29) is 19.2 Å². The summed E-state index contributed by atoms with van der Waals surface area (Å²) >= 11 is 0. The Morgan fingerprint density at radius 1 is 1.38 bits per heavy atom. The highest BCUT2D eigenvalue weighted by Crippen LogP contribution is 2.24. The molecular formula is C20H29N5O4. The molecule has 3 amide bonds. The van der Waals surface area contributed by atoms with Gasteiger partial charge in [-0.1, -0.05) is 19.1 Å². The summed E-state index contributed by atoms with van der Waals surface area (Å²) in [6.45, 7) is 6.23. The van der Waals surface area contributed by atoms with Gasteiger partial charge in [0.2, 0.25) is 0 Å². The van der Waals surface area contributed by atoms with Gasteiger partial charge in [-0.25, -0.2) is 9.79 Å². The summed E-state index contributed by atoms with van der Waals surface area (Å²) in [6, 6.07) is 6.54. The number of β-amino-alcohol motifs (C(OH)–C–C–N with tert-alkyl or cyclic N) is 1. The van der Waals surface area contributed by atoms with Gasteiger partial charge in [0.15, 0.2) is 18.2 Å². The number of carbonyl (C=O) groups is 2. The zero-order chi connectivity index (χ0) is 21.1. The molecule has 9 nitrogen and oxygen atoms in total. The first kappa shape index (κ1) is 20.9. The van der Waals surface area contributed by atoms with Gasteiger partial charge in [-0.05, 0) is 38.0 Å². The number of nitrogens with zero attached hydrogens (tertiary/aromatic N) is 3. The van der Waals surface area contributed by atoms with Crippen molar-refractivity contribution in [2.45, 2.75) is 51.5 Å². The number of aryl methyl sites for hydroxylation is 1. The predicted octanol–water partition coefficient (Wildman–Crippen LogP) is 0.671. The van der Waals surface area contributed by atoms with E-state index in [1.807, 2.05) is 45.0 Å². The molecule has 1 aromatic carbocycles. The lowest BCUT2D eigenvalue weighted by atomic mass is 10.1. The maximum atomic E-state index is 12.5. The molecular weight excluding hydrogens is 374 g/mol. The summed E-state index contributed by atoms with van der Waals surface area (Å²) in [5.41, 5.74) is 1.07. The van der Waals surface area contributed by atoms with Gasteiger partial charge in [0, 0.05) is 13.1 Å². The summed E-state index contributed by atoms with van der Waals surface area (Å²) in [5.74, 6) is 0.756. The molecule has 4 unspecified atom stereocenters. The smallest absolute Gasteiger partial charge is 0.325 e. The second-order valence-electron chi connectivity index (χ2n) is 7.60. The van der Waals surface area contributed by atoms with Crippen LogP contribution in [0.1, 0.15) is 25.8 Å². The van der Waals surface area contributed by atoms with Gasteiger partial charge >= 0.3 is 6.03 Å². The number of hydrogen-bond donors (Lipinski definition) is 3. The molecule has 1 aromatic rings. The van der Waals surface area contributed by atoms with Crippen LogP contribution in [-0.2, 0) is 4.79 Å². The highest BCUT2D eigenvalue weighted by molar-refractivity contribution is 6.03. The third kappa shape index (κ3) is 4.61. The van der Waals surface area contributed by atoms with Crippen LogP contribution in [0.4, 0.5) is 4.79 Å². The largest absolute Gasteiger partial charge is 0.491 e. The molecule has 158 valence electrons. The van der Waals surface area contributed by atoms with Crippen LogP contribution in [0.5, 0.6) is 5.75 Å². The number of urea groups is 1. The minimum atomic E-state index is -0.853. The summed E-state index contributed by atoms with van der Waals surface area (Å²) in [7, 11) is 1.60. The Bertz CT molecular complexity index is 799. The summed E-state index contributed by atoms with van der Waals surface area (Å²) in [4.78, 5) is 32.2. The average Bonchev–Trinajstić information content (AvgIpc) is 3.03. The first-order chi connectivity index (χ1) is 13.8. The number of ether oxygens (including phenoxy) is 1. The Morgan fingerprint density at radius 3 is 2.83 bits per heavy atom. The quantitative estimate of drug-likeness (QED) is 0.618. The number of rotatable bonds is 7. The maximum absolute atomic E-state index is 12.5. The number of aliphatic hydroxyl groups excluding tert-OH is 1. The van der Waals surface area contributed by atoms with Crippen molar-refractivity contribution >= 4 is 17.9 Å². The van der Waals surface area contributed by atoms with Crippen molar-refractivity contribution in [3.05, 3.63) is 29.8 Å². The third-order valence-electron chi connectivity index (χ3n) is 5.19. The number of aliphatic imine (C=N–C) groups is 1. The van der Waals surface area contributed by atoms with E-state index in [4.69, 9.17) is 4.74 Å². The Balaban J connectivity index is 1.72. The molecule has 2 aliphatic heterocycles. The minimum Gasteiger partial charge on any atom is -0.491 e. The van der Waals surface area contributed by atoms with E-state index in [0.717, 1.165) is 12.0 Å². The van der Waals surface area contributed by atoms with Gasteiger partial charge in [0.05, 0.1) is 6.54 Å². The van der Waals surface area contributed by atoms with E-state index >= 15 is 0 Å². The standard InChI is InChI=1S/C20H29N5O4/c1-5-13(3)21-19-22-17-16(18(27)23-20(28)24(17)4)25(19)10-14(26)11-29-15-8-6-7-12(2)9-15/h6-9,13-14,16-17,26H,5,10-11H2,1-4H3,(H,21,22)(H,23,27,28). The van der Waals surface area contributed by atoms with Crippen molar-refractivity contribution in [3.63, 3.8) is 0 Å². The number of benzene rings is 1. The lowest BCUT2D eigenvalue weighted by Gasteiger charge is -2.37. The molecule has 29 heavy (non-hydrogen) atoms. The number of fused-ring (bicyclic) bond motifs is 1. The van der Waals surface area contributed by atoms with E-state index in [2.05, 4.69) is 15.6 Å². The van der Waals surface area contributed by atoms with E-state index in [1.165, 1.54) is 4.90 Å². The van der Waals surface area contributed by atoms with Crippen LogP contribution in [0.25, 0.3) is 0 Å². The SMILES string of the molecule is CCC(C)NC1=NC2C(C(=O)NC(=O)N2C)N1CC(O)COc1cccc(C)c1. The zero-order valence-electron chi connectivity index (χ0n) is 17.3. The Kier molecular flexibility index (Phi) is 6.26. The van der Waals surface area contributed by atoms with Gasteiger partial charge in [0.25, 0.3) is 5.91 Å². The van der Waals surface area contributed by atoms with Gasteiger partial charge in [-0.2, -0.15) is 0 Å². The number of hydrogen-bond acceptors (Lipinski definition) is 7. The first-order valence-corrected chi connectivity index (χ1v) is 9.86. The summed E-state index contributed by atoms with van der Waals surface area (Å²) < 4.78 is 5.70. The summed E-state index contributed by atoms with van der Waals surface area (Å²) in [6.07, 6.45) is -0.621. The number of aliphatic hydroxyl groups is 1. The van der Waals surface area contributed by atoms with Crippen molar-refractivity contribution in [1.82, 2.24) is 20.4 Å². The number of amides is 3. The summed E-state index contributed by atoms with van der Waals surface area (Å²) in [5, 5.41) is 16.2. The van der Waals surface area contributed by atoms with Crippen LogP contribution >= 0.6 is 0 Å². The van der Waals surface area contributed by atoms with Crippen molar-refractivity contribution in [2.75, 3.05) is 20.2 Å². The molecule has 9 heteroatoms. The molecule has 0 bridgehead atoms. The lowest BCUT2D eigenvalue weighted by molar-refractivity contribution is -0.127. The molecule has 2 heterocycles. The fraction of sp³-hybridized carbons (Fsp3) is 0.550. The van der Waals surface area contributed by atoms with E-state index < -0.39 is 30.2 Å². The minimum absolute atomic E-state index is 0.0738. The van der Waals surface area contributed by atoms with Crippen LogP contribution in [-0.4, -0.2) is 77.4 Å². The van der Waals surface area contributed by atoms with Crippen LogP contribution < -0.4 is 15.4 Å². The van der Waals surface area contributed by atoms with Crippen molar-refractivity contribution < 1.29 is 19.4 Å². The molecule has 0 saturated carbocycles. The molecule has 3 N–H and O–H groups in total. The molecule has 0 aromatic heterocycles. The van der Waals surface area contributed by atoms with Crippen molar-refractivity contribution in [1.29, 1.82) is 0 Å². The fourth-order valence-electron chi connectivity index (χ4n) is 3.35. The number of carbonyl (C=O) groups excluding carboxylic acids is 2. The van der Waals surface area contributed by atoms with Crippen LogP contribution in [0, 0.1) is 6.92 Å². The Hall–Kier alpha value is -2.81. The predicted molar refractivity (Wildman–Crippen MR) is 109 cm³/mol. The molecule has 2 aliphatic rings. The topological polar surface area (TPSA) is 106 Å². The van der Waals surface area contributed by atoms with E-state index in [1.54, 1.807) is 11.9 Å². The molecule has 1 fully saturated rings. The molecule has 4 atom stereocenters. The monoisotopic (exact) mass is 403 g/mol. The highest BCUT2D eigenvalue weighted by atomic mass is 16.5. The molecule has 0 spiro atoms. The van der Waals surface area contributed by atoms with Crippen LogP contribution in [0.3, 0.4) is 0 Å². The molecule has 0 aliphatic carbocycles. The molecule has 3 rings (SSSR count). The average molecular weight is 403 g/mol. The zero-order valence-corrected chi connectivity index (χ0v) is 17.3. The Morgan fingerprint density at radius 2 is 2.14 bits per heavy atom. The van der Waals surface area contributed by atoms with Crippen molar-refractivity contribution in [3.8, 4) is 5.75 Å². The van der Waals surface area contributed by atoms with Crippen LogP contribution in [0.15, 0.2) is 29.3 Å². The third-order valence-corrected chi connectivity index (χ3v) is 5.19. The lowest BCUT2D eigenvalue weighted by Crippen LogP contribution is -2.65. The van der Waals surface area contributed by atoms with E-state index in [9.17, 15) is 14.7 Å². The van der Waals surface area contributed by atoms with Crippen LogP contribution in [0.2, 0.25) is 0 Å². The highest BCUT2D eigenvalue weighted by Gasteiger charge is 2.49. The van der Waals surface area contributed by atoms with Gasteiger partial charge < -0.3 is 25.0 Å². The first-order valence-electron chi connectivity index (χ1n) is 9.86. The Labute approximate surface area is 170 Å². The fourth-order valence-corrected chi connectivity index (χ4v) is 3.35. The maximum Gasteiger partial charge on any atom is 0.325 e. The van der Waals surface area contributed by atoms with E-state index in [0.29, 0.717) is 11.7 Å². The number of imide groups is 1. The normalized spacial score (nSPS) is 23.3. The molecule has 1 saturated heterocycles. The van der Waals surface area contributed by atoms with Crippen molar-refractivity contribution in [2.24, 2.45) is 4.99 Å². The second-order valence-corrected chi connectivity index (χ2v) is 7.60. The number of nitrogens with one attached hydrogen (secondary N) is 2. The van der Waals surface area contributed by atoms with Gasteiger partial charge in [-0.3, -0.25) is 10.1 Å². The molecule has 0 radical (unpaired) electrons.